The van der Waals surface area contributed by atoms with E-state index in [0.29, 0.717) is 28.5 Å². The summed E-state index contributed by atoms with van der Waals surface area (Å²) in [6, 6.07) is 0.334. The van der Waals surface area contributed by atoms with E-state index in [1.807, 2.05) is 0 Å². The van der Waals surface area contributed by atoms with E-state index in [1.54, 1.807) is 0 Å². The minimum absolute atomic E-state index is 0.0496. The maximum Gasteiger partial charge on any atom is 0.272 e. The molecule has 2 saturated carbocycles. The van der Waals surface area contributed by atoms with Crippen LogP contribution in [0.1, 0.15) is 87.7 Å². The van der Waals surface area contributed by atoms with Crippen LogP contribution in [0.2, 0.25) is 0 Å². The van der Waals surface area contributed by atoms with Crippen LogP contribution < -0.4 is 5.32 Å². The number of nitrogens with zero attached hydrogens (tertiary/aromatic N) is 2. The summed E-state index contributed by atoms with van der Waals surface area (Å²) in [6.45, 7) is 10.1. The van der Waals surface area contributed by atoms with Gasteiger partial charge in [0.25, 0.3) is 5.91 Å². The number of carbonyl (C=O) groups excluding carboxylic acids is 1. The van der Waals surface area contributed by atoms with Crippen LogP contribution in [0.5, 0.6) is 0 Å². The average Bonchev–Trinajstić information content (AvgIpc) is 3.36. The van der Waals surface area contributed by atoms with Gasteiger partial charge in [0.05, 0.1) is 5.69 Å². The van der Waals surface area contributed by atoms with Crippen molar-refractivity contribution >= 4 is 5.91 Å². The summed E-state index contributed by atoms with van der Waals surface area (Å²) in [7, 11) is 0. The summed E-state index contributed by atoms with van der Waals surface area (Å²) in [6.07, 6.45) is 7.14. The molecule has 2 atom stereocenters. The largest absolute Gasteiger partial charge is 0.347 e. The fourth-order valence-corrected chi connectivity index (χ4v) is 4.49. The number of rotatable bonds is 4. The van der Waals surface area contributed by atoms with Crippen molar-refractivity contribution < 1.29 is 4.79 Å². The highest BCUT2D eigenvalue weighted by atomic mass is 16.2. The fraction of sp³-hybridized carbons (Fsp3) is 0.789. The van der Waals surface area contributed by atoms with Gasteiger partial charge in [-0.25, -0.2) is 4.98 Å². The topological polar surface area (TPSA) is 46.9 Å². The molecule has 2 unspecified atom stereocenters. The predicted octanol–water partition coefficient (Wildman–Crippen LogP) is 3.65. The molecule has 4 nitrogen and oxygen atoms in total. The first-order valence-corrected chi connectivity index (χ1v) is 9.26. The quantitative estimate of drug-likeness (QED) is 0.922. The molecule has 0 spiro atoms. The van der Waals surface area contributed by atoms with Gasteiger partial charge >= 0.3 is 0 Å². The van der Waals surface area contributed by atoms with Crippen molar-refractivity contribution in [1.29, 1.82) is 0 Å². The molecule has 0 saturated heterocycles. The normalized spacial score (nSPS) is 30.9. The summed E-state index contributed by atoms with van der Waals surface area (Å²) in [4.78, 5) is 17.6. The lowest BCUT2D eigenvalue weighted by atomic mass is 9.88. The Morgan fingerprint density at radius 3 is 2.70 bits per heavy atom. The lowest BCUT2D eigenvalue weighted by Crippen LogP contribution is -2.32. The number of nitrogens with one attached hydrogen (secondary N) is 1. The van der Waals surface area contributed by atoms with Crippen molar-refractivity contribution in [2.24, 2.45) is 10.8 Å². The van der Waals surface area contributed by atoms with Gasteiger partial charge in [-0.3, -0.25) is 4.79 Å². The van der Waals surface area contributed by atoms with Gasteiger partial charge in [-0.05, 0) is 48.9 Å². The molecule has 1 aromatic heterocycles. The van der Waals surface area contributed by atoms with E-state index in [2.05, 4.69) is 37.6 Å². The van der Waals surface area contributed by atoms with Gasteiger partial charge in [0, 0.05) is 19.0 Å². The molecule has 1 aliphatic heterocycles. The molecule has 3 aliphatic rings. The molecule has 0 bridgehead atoms. The van der Waals surface area contributed by atoms with Gasteiger partial charge in [0.1, 0.15) is 11.5 Å². The molecule has 4 rings (SSSR count). The summed E-state index contributed by atoms with van der Waals surface area (Å²) in [5.74, 6) is 1.49. The Morgan fingerprint density at radius 2 is 2.04 bits per heavy atom. The first kappa shape index (κ1) is 15.2. The monoisotopic (exact) mass is 315 g/mol. The Kier molecular flexibility index (Phi) is 3.20. The predicted molar refractivity (Wildman–Crippen MR) is 90.6 cm³/mol. The fourth-order valence-electron chi connectivity index (χ4n) is 4.49. The minimum atomic E-state index is 0.0496. The number of aryl methyl sites for hydroxylation is 1. The first-order valence-electron chi connectivity index (χ1n) is 9.26. The van der Waals surface area contributed by atoms with Gasteiger partial charge in [-0.1, -0.05) is 27.7 Å². The third-order valence-corrected chi connectivity index (χ3v) is 6.80. The van der Waals surface area contributed by atoms with Gasteiger partial charge in [0.2, 0.25) is 0 Å². The van der Waals surface area contributed by atoms with Crippen LogP contribution in [0.25, 0.3) is 0 Å². The SMILES string of the molecule is CC(C)c1c(C(=O)NC2CC2(C)C2(C)CC2)nc2n1CCCC2. The summed E-state index contributed by atoms with van der Waals surface area (Å²) >= 11 is 0. The van der Waals surface area contributed by atoms with Gasteiger partial charge in [-0.2, -0.15) is 0 Å². The Balaban J connectivity index is 1.56. The number of hydrogen-bond donors (Lipinski definition) is 1. The Hall–Kier alpha value is -1.32. The molecule has 4 heteroatoms. The summed E-state index contributed by atoms with van der Waals surface area (Å²) < 4.78 is 2.30. The number of carbonyl (C=O) groups is 1. The highest BCUT2D eigenvalue weighted by Gasteiger charge is 2.66. The van der Waals surface area contributed by atoms with Gasteiger partial charge < -0.3 is 9.88 Å². The van der Waals surface area contributed by atoms with E-state index in [0.717, 1.165) is 30.9 Å². The summed E-state index contributed by atoms with van der Waals surface area (Å²) in [5.41, 5.74) is 2.59. The molecule has 1 aromatic rings. The van der Waals surface area contributed by atoms with Gasteiger partial charge in [-0.15, -0.1) is 0 Å². The number of fused-ring (bicyclic) bond motifs is 1. The van der Waals surface area contributed by atoms with Crippen LogP contribution in [0, 0.1) is 10.8 Å². The number of hydrogen-bond acceptors (Lipinski definition) is 2. The van der Waals surface area contributed by atoms with Crippen LogP contribution in [0.4, 0.5) is 0 Å². The number of amides is 1. The second-order valence-corrected chi connectivity index (χ2v) is 8.73. The Labute approximate surface area is 139 Å². The lowest BCUT2D eigenvalue weighted by Gasteiger charge is -2.20. The van der Waals surface area contributed by atoms with Crippen molar-refractivity contribution in [3.63, 3.8) is 0 Å². The molecule has 126 valence electrons. The zero-order valence-electron chi connectivity index (χ0n) is 14.9. The maximum atomic E-state index is 12.9. The van der Waals surface area contributed by atoms with E-state index < -0.39 is 0 Å². The molecule has 2 heterocycles. The maximum absolute atomic E-state index is 12.9. The second kappa shape index (κ2) is 4.84. The summed E-state index contributed by atoms with van der Waals surface area (Å²) in [5, 5.41) is 3.30. The highest BCUT2D eigenvalue weighted by Crippen LogP contribution is 2.69. The van der Waals surface area contributed by atoms with E-state index in [9.17, 15) is 4.79 Å². The third kappa shape index (κ3) is 2.25. The van der Waals surface area contributed by atoms with Crippen LogP contribution in [0.3, 0.4) is 0 Å². The zero-order chi connectivity index (χ0) is 16.4. The van der Waals surface area contributed by atoms with Gasteiger partial charge in [0.15, 0.2) is 0 Å². The Bertz CT molecular complexity index is 656. The minimum Gasteiger partial charge on any atom is -0.347 e. The number of imidazole rings is 1. The third-order valence-electron chi connectivity index (χ3n) is 6.80. The molecule has 2 aliphatic carbocycles. The van der Waals surface area contributed by atoms with Crippen molar-refractivity contribution in [3.8, 4) is 0 Å². The van der Waals surface area contributed by atoms with Crippen molar-refractivity contribution in [2.75, 3.05) is 0 Å². The van der Waals surface area contributed by atoms with Crippen molar-refractivity contribution in [3.05, 3.63) is 17.2 Å². The highest BCUT2D eigenvalue weighted by molar-refractivity contribution is 5.94. The van der Waals surface area contributed by atoms with Crippen LogP contribution in [-0.2, 0) is 13.0 Å². The molecule has 0 aromatic carbocycles. The van der Waals surface area contributed by atoms with Crippen molar-refractivity contribution in [1.82, 2.24) is 14.9 Å². The average molecular weight is 315 g/mol. The van der Waals surface area contributed by atoms with Crippen LogP contribution in [0.15, 0.2) is 0 Å². The second-order valence-electron chi connectivity index (χ2n) is 8.73. The molecular formula is C19H29N3O. The first-order chi connectivity index (χ1) is 10.9. The van der Waals surface area contributed by atoms with E-state index in [-0.39, 0.29) is 5.91 Å². The van der Waals surface area contributed by atoms with Crippen LogP contribution >= 0.6 is 0 Å². The standard InChI is InChI=1S/C19H29N3O/c1-12(2)16-15(21-14-7-5-6-10-22(14)16)17(23)20-13-11-19(13,4)18(3)8-9-18/h12-13H,5-11H2,1-4H3,(H,20,23). The van der Waals surface area contributed by atoms with E-state index in [4.69, 9.17) is 4.98 Å². The smallest absolute Gasteiger partial charge is 0.272 e. The molecule has 23 heavy (non-hydrogen) atoms. The Morgan fingerprint density at radius 1 is 1.30 bits per heavy atom. The molecular weight excluding hydrogens is 286 g/mol. The van der Waals surface area contributed by atoms with Crippen molar-refractivity contribution in [2.45, 2.75) is 84.7 Å². The van der Waals surface area contributed by atoms with E-state index >= 15 is 0 Å². The lowest BCUT2D eigenvalue weighted by molar-refractivity contribution is 0.0935. The number of aromatic nitrogens is 2. The molecule has 2 fully saturated rings. The molecule has 1 amide bonds. The van der Waals surface area contributed by atoms with Crippen LogP contribution in [-0.4, -0.2) is 21.5 Å². The zero-order valence-corrected chi connectivity index (χ0v) is 14.9. The molecule has 0 radical (unpaired) electrons. The van der Waals surface area contributed by atoms with E-state index in [1.165, 1.54) is 25.7 Å². The molecule has 1 N–H and O–H groups in total.